The Bertz CT molecular complexity index is 463. The van der Waals surface area contributed by atoms with Crippen molar-refractivity contribution in [3.05, 3.63) is 33.8 Å². The summed E-state index contributed by atoms with van der Waals surface area (Å²) in [6, 6.07) is 4.74. The zero-order valence-corrected chi connectivity index (χ0v) is 13.3. The van der Waals surface area contributed by atoms with Gasteiger partial charge in [0.1, 0.15) is 6.54 Å². The fraction of sp³-hybridized carbons (Fsp3) is 0.417. The standard InChI is InChI=1S/C12H12Br2F3NO/c1-8-6-9(2-3-10(8)14)11(19)18(5-4-13)7-12(15,16)17/h2-3,6H,4-5,7H2,1H3. The summed E-state index contributed by atoms with van der Waals surface area (Å²) < 4.78 is 38.1. The lowest BCUT2D eigenvalue weighted by Crippen LogP contribution is -2.40. The van der Waals surface area contributed by atoms with Gasteiger partial charge >= 0.3 is 6.18 Å². The van der Waals surface area contributed by atoms with E-state index in [1.807, 2.05) is 0 Å². The molecule has 0 bridgehead atoms. The van der Waals surface area contributed by atoms with Gasteiger partial charge in [-0.05, 0) is 30.7 Å². The molecule has 0 saturated heterocycles. The number of amides is 1. The molecule has 1 aromatic carbocycles. The summed E-state index contributed by atoms with van der Waals surface area (Å²) in [4.78, 5) is 12.9. The molecule has 0 atom stereocenters. The molecule has 1 amide bonds. The lowest BCUT2D eigenvalue weighted by molar-refractivity contribution is -0.140. The van der Waals surface area contributed by atoms with Crippen molar-refractivity contribution in [2.75, 3.05) is 18.4 Å². The lowest BCUT2D eigenvalue weighted by Gasteiger charge is -2.23. The van der Waals surface area contributed by atoms with Crippen LogP contribution in [0.5, 0.6) is 0 Å². The van der Waals surface area contributed by atoms with Gasteiger partial charge in [-0.25, -0.2) is 0 Å². The van der Waals surface area contributed by atoms with Crippen molar-refractivity contribution in [2.24, 2.45) is 0 Å². The normalized spacial score (nSPS) is 11.5. The average molecular weight is 403 g/mol. The van der Waals surface area contributed by atoms with Crippen LogP contribution in [0.1, 0.15) is 15.9 Å². The van der Waals surface area contributed by atoms with Crippen LogP contribution in [-0.4, -0.2) is 35.4 Å². The van der Waals surface area contributed by atoms with Crippen molar-refractivity contribution < 1.29 is 18.0 Å². The minimum absolute atomic E-state index is 0.00740. The van der Waals surface area contributed by atoms with Crippen molar-refractivity contribution in [1.29, 1.82) is 0 Å². The third-order valence-electron chi connectivity index (χ3n) is 2.42. The molecule has 1 rings (SSSR count). The third kappa shape index (κ3) is 5.14. The van der Waals surface area contributed by atoms with Gasteiger partial charge < -0.3 is 4.90 Å². The number of nitrogens with zero attached hydrogens (tertiary/aromatic N) is 1. The largest absolute Gasteiger partial charge is 0.406 e. The molecular weight excluding hydrogens is 391 g/mol. The van der Waals surface area contributed by atoms with E-state index in [-0.39, 0.29) is 12.1 Å². The quantitative estimate of drug-likeness (QED) is 0.692. The molecule has 106 valence electrons. The van der Waals surface area contributed by atoms with E-state index < -0.39 is 18.6 Å². The molecule has 0 spiro atoms. The Hall–Kier alpha value is -0.560. The van der Waals surface area contributed by atoms with E-state index in [1.165, 1.54) is 6.07 Å². The van der Waals surface area contributed by atoms with Crippen molar-refractivity contribution in [1.82, 2.24) is 4.90 Å². The van der Waals surface area contributed by atoms with Gasteiger partial charge in [-0.2, -0.15) is 13.2 Å². The Morgan fingerprint density at radius 3 is 2.47 bits per heavy atom. The first-order valence-corrected chi connectivity index (χ1v) is 7.34. The van der Waals surface area contributed by atoms with Crippen LogP contribution < -0.4 is 0 Å². The molecule has 7 heteroatoms. The average Bonchev–Trinajstić information content (AvgIpc) is 2.29. The van der Waals surface area contributed by atoms with E-state index in [1.54, 1.807) is 19.1 Å². The molecule has 0 heterocycles. The number of aryl methyl sites for hydroxylation is 1. The number of alkyl halides is 4. The molecule has 1 aromatic rings. The summed E-state index contributed by atoms with van der Waals surface area (Å²) in [5.74, 6) is -0.618. The Morgan fingerprint density at radius 2 is 2.00 bits per heavy atom. The highest BCUT2D eigenvalue weighted by Crippen LogP contribution is 2.21. The van der Waals surface area contributed by atoms with E-state index in [0.717, 1.165) is 14.9 Å². The van der Waals surface area contributed by atoms with Gasteiger partial charge in [-0.1, -0.05) is 31.9 Å². The summed E-state index contributed by atoms with van der Waals surface area (Å²) in [6.07, 6.45) is -4.40. The number of hydrogen-bond acceptors (Lipinski definition) is 1. The second-order valence-corrected chi connectivity index (χ2v) is 5.64. The molecule has 2 nitrogen and oxygen atoms in total. The zero-order chi connectivity index (χ0) is 14.6. The molecular formula is C12H12Br2F3NO. The minimum Gasteiger partial charge on any atom is -0.329 e. The third-order valence-corrected chi connectivity index (χ3v) is 3.66. The van der Waals surface area contributed by atoms with Gasteiger partial charge in [0.2, 0.25) is 0 Å². The molecule has 0 N–H and O–H groups in total. The Morgan fingerprint density at radius 1 is 1.37 bits per heavy atom. The SMILES string of the molecule is Cc1cc(C(=O)N(CCBr)CC(F)(F)F)ccc1Br. The van der Waals surface area contributed by atoms with Crippen molar-refractivity contribution in [3.63, 3.8) is 0 Å². The van der Waals surface area contributed by atoms with E-state index in [0.29, 0.717) is 5.33 Å². The maximum atomic E-state index is 12.4. The van der Waals surface area contributed by atoms with E-state index in [2.05, 4.69) is 31.9 Å². The summed E-state index contributed by atoms with van der Waals surface area (Å²) >= 11 is 6.34. The van der Waals surface area contributed by atoms with Gasteiger partial charge in [-0.15, -0.1) is 0 Å². The topological polar surface area (TPSA) is 20.3 Å². The highest BCUT2D eigenvalue weighted by atomic mass is 79.9. The van der Waals surface area contributed by atoms with Crippen LogP contribution in [0, 0.1) is 6.92 Å². The second-order valence-electron chi connectivity index (χ2n) is 3.99. The predicted octanol–water partition coefficient (Wildman–Crippen LogP) is 4.16. The van der Waals surface area contributed by atoms with Crippen molar-refractivity contribution >= 4 is 37.8 Å². The summed E-state index contributed by atoms with van der Waals surface area (Å²) in [7, 11) is 0. The number of carbonyl (C=O) groups excluding carboxylic acids is 1. The highest BCUT2D eigenvalue weighted by molar-refractivity contribution is 9.10. The first-order chi connectivity index (χ1) is 8.74. The van der Waals surface area contributed by atoms with Gasteiger partial charge in [0.05, 0.1) is 0 Å². The Labute approximate surface area is 126 Å². The first kappa shape index (κ1) is 16.5. The fourth-order valence-electron chi connectivity index (χ4n) is 1.53. The minimum atomic E-state index is -4.40. The molecule has 0 saturated carbocycles. The number of hydrogen-bond donors (Lipinski definition) is 0. The molecule has 0 aliphatic carbocycles. The zero-order valence-electron chi connectivity index (χ0n) is 10.1. The number of benzene rings is 1. The van der Waals surface area contributed by atoms with Gasteiger partial charge in [0, 0.05) is 21.9 Å². The van der Waals surface area contributed by atoms with Crippen LogP contribution in [-0.2, 0) is 0 Å². The maximum absolute atomic E-state index is 12.4. The van der Waals surface area contributed by atoms with Crippen LogP contribution in [0.15, 0.2) is 22.7 Å². The van der Waals surface area contributed by atoms with Crippen LogP contribution in [0.4, 0.5) is 13.2 Å². The van der Waals surface area contributed by atoms with Gasteiger partial charge in [0.25, 0.3) is 5.91 Å². The van der Waals surface area contributed by atoms with Gasteiger partial charge in [0.15, 0.2) is 0 Å². The molecule has 19 heavy (non-hydrogen) atoms. The Balaban J connectivity index is 2.95. The molecule has 0 fully saturated rings. The smallest absolute Gasteiger partial charge is 0.329 e. The van der Waals surface area contributed by atoms with Crippen molar-refractivity contribution in [2.45, 2.75) is 13.1 Å². The van der Waals surface area contributed by atoms with Crippen LogP contribution >= 0.6 is 31.9 Å². The fourth-order valence-corrected chi connectivity index (χ4v) is 2.21. The van der Waals surface area contributed by atoms with E-state index in [9.17, 15) is 18.0 Å². The number of carbonyl (C=O) groups is 1. The van der Waals surface area contributed by atoms with E-state index >= 15 is 0 Å². The molecule has 0 aliphatic rings. The van der Waals surface area contributed by atoms with Crippen LogP contribution in [0.3, 0.4) is 0 Å². The van der Waals surface area contributed by atoms with Crippen LogP contribution in [0.25, 0.3) is 0 Å². The molecule has 0 unspecified atom stereocenters. The number of rotatable bonds is 4. The predicted molar refractivity (Wildman–Crippen MR) is 74.6 cm³/mol. The van der Waals surface area contributed by atoms with Crippen LogP contribution in [0.2, 0.25) is 0 Å². The summed E-state index contributed by atoms with van der Waals surface area (Å²) in [5.41, 5.74) is 1.06. The highest BCUT2D eigenvalue weighted by Gasteiger charge is 2.33. The lowest BCUT2D eigenvalue weighted by atomic mass is 10.1. The summed E-state index contributed by atoms with van der Waals surface area (Å²) in [6.45, 7) is 0.541. The van der Waals surface area contributed by atoms with Gasteiger partial charge in [-0.3, -0.25) is 4.79 Å². The second kappa shape index (κ2) is 6.74. The summed E-state index contributed by atoms with van der Waals surface area (Å²) in [5, 5.41) is 0.296. The molecule has 0 aliphatic heterocycles. The first-order valence-electron chi connectivity index (χ1n) is 5.42. The monoisotopic (exact) mass is 401 g/mol. The maximum Gasteiger partial charge on any atom is 0.406 e. The van der Waals surface area contributed by atoms with E-state index in [4.69, 9.17) is 0 Å². The van der Waals surface area contributed by atoms with Crippen molar-refractivity contribution in [3.8, 4) is 0 Å². The number of halogens is 5. The molecule has 0 radical (unpaired) electrons. The molecule has 0 aromatic heterocycles. The Kier molecular flexibility index (Phi) is 5.85.